The number of carbonyl (C=O) groups excluding carboxylic acids is 1. The van der Waals surface area contributed by atoms with Crippen LogP contribution in [0.25, 0.3) is 22.4 Å². The van der Waals surface area contributed by atoms with Crippen molar-refractivity contribution in [2.24, 2.45) is 11.8 Å². The number of hydrogen-bond acceptors (Lipinski definition) is 3. The van der Waals surface area contributed by atoms with Gasteiger partial charge in [-0.3, -0.25) is 4.79 Å². The first-order chi connectivity index (χ1) is 19.3. The molecule has 2 aromatic carbocycles. The van der Waals surface area contributed by atoms with E-state index in [0.717, 1.165) is 74.3 Å². The van der Waals surface area contributed by atoms with Crippen molar-refractivity contribution in [3.63, 3.8) is 0 Å². The molecule has 1 aromatic heterocycles. The number of rotatable bonds is 13. The van der Waals surface area contributed by atoms with Gasteiger partial charge in [0.15, 0.2) is 0 Å². The van der Waals surface area contributed by atoms with Crippen LogP contribution in [0.5, 0.6) is 0 Å². The summed E-state index contributed by atoms with van der Waals surface area (Å²) in [6.45, 7) is 19.4. The number of likely N-dealkylation sites (tertiary alicyclic amines) is 1. The molecule has 3 aromatic rings. The van der Waals surface area contributed by atoms with Crippen LogP contribution in [0.2, 0.25) is 0 Å². The Labute approximate surface area is 243 Å². The summed E-state index contributed by atoms with van der Waals surface area (Å²) in [4.78, 5) is 23.7. The Morgan fingerprint density at radius 2 is 1.62 bits per heavy atom. The maximum Gasteiger partial charge on any atom is 0.253 e. The standard InChI is InChI=1S/C35H52N4O/c1-7-29-24-30(13-12-28(29)6)34-36-32-15-14-31(35(40)38(22-16-26(2)3)23-17-27(4)5)25-33(32)39(34)21-11-20-37-18-9-8-10-19-37/h12-15,24-27H,7-11,16-23H2,1-6H3. The Morgan fingerprint density at radius 3 is 2.27 bits per heavy atom. The fourth-order valence-corrected chi connectivity index (χ4v) is 5.85. The first kappa shape index (κ1) is 30.3. The lowest BCUT2D eigenvalue weighted by molar-refractivity contribution is 0.0741. The number of aromatic nitrogens is 2. The molecule has 0 atom stereocenters. The highest BCUT2D eigenvalue weighted by Gasteiger charge is 2.20. The van der Waals surface area contributed by atoms with E-state index in [1.807, 2.05) is 6.07 Å². The molecular weight excluding hydrogens is 492 g/mol. The molecule has 1 fully saturated rings. The molecule has 5 nitrogen and oxygen atoms in total. The average Bonchev–Trinajstić information content (AvgIpc) is 3.31. The van der Waals surface area contributed by atoms with Gasteiger partial charge in [-0.1, -0.05) is 53.2 Å². The minimum absolute atomic E-state index is 0.148. The predicted molar refractivity (Wildman–Crippen MR) is 169 cm³/mol. The van der Waals surface area contributed by atoms with E-state index in [9.17, 15) is 4.79 Å². The third-order valence-electron chi connectivity index (χ3n) is 8.53. The van der Waals surface area contributed by atoms with Gasteiger partial charge in [0.05, 0.1) is 11.0 Å². The molecular formula is C35H52N4O. The van der Waals surface area contributed by atoms with Gasteiger partial charge < -0.3 is 14.4 Å². The number of fused-ring (bicyclic) bond motifs is 1. The molecule has 0 saturated carbocycles. The van der Waals surface area contributed by atoms with Gasteiger partial charge in [-0.05, 0) is 112 Å². The van der Waals surface area contributed by atoms with Crippen LogP contribution in [-0.2, 0) is 13.0 Å². The van der Waals surface area contributed by atoms with Crippen molar-refractivity contribution < 1.29 is 4.79 Å². The van der Waals surface area contributed by atoms with Crippen LogP contribution in [0.15, 0.2) is 36.4 Å². The molecule has 5 heteroatoms. The summed E-state index contributed by atoms with van der Waals surface area (Å²) in [5.74, 6) is 2.31. The molecule has 0 aliphatic carbocycles. The Balaban J connectivity index is 1.68. The zero-order valence-electron chi connectivity index (χ0n) is 26.0. The highest BCUT2D eigenvalue weighted by molar-refractivity contribution is 5.98. The Morgan fingerprint density at radius 1 is 0.925 bits per heavy atom. The molecule has 1 amide bonds. The van der Waals surface area contributed by atoms with Gasteiger partial charge >= 0.3 is 0 Å². The lowest BCUT2D eigenvalue weighted by atomic mass is 10.0. The largest absolute Gasteiger partial charge is 0.339 e. The molecule has 2 heterocycles. The Bertz CT molecular complexity index is 1240. The van der Waals surface area contributed by atoms with Crippen LogP contribution in [0.1, 0.15) is 94.6 Å². The third kappa shape index (κ3) is 7.75. The number of piperidine rings is 1. The fourth-order valence-electron chi connectivity index (χ4n) is 5.85. The fraction of sp³-hybridized carbons (Fsp3) is 0.600. The highest BCUT2D eigenvalue weighted by atomic mass is 16.2. The second-order valence-corrected chi connectivity index (χ2v) is 12.7. The van der Waals surface area contributed by atoms with Crippen molar-refractivity contribution in [2.75, 3.05) is 32.7 Å². The molecule has 218 valence electrons. The van der Waals surface area contributed by atoms with Gasteiger partial charge in [0, 0.05) is 30.8 Å². The van der Waals surface area contributed by atoms with E-state index in [-0.39, 0.29) is 5.91 Å². The van der Waals surface area contributed by atoms with Crippen LogP contribution >= 0.6 is 0 Å². The summed E-state index contributed by atoms with van der Waals surface area (Å²) < 4.78 is 2.38. The summed E-state index contributed by atoms with van der Waals surface area (Å²) in [5.41, 5.74) is 6.69. The van der Waals surface area contributed by atoms with Gasteiger partial charge in [0.25, 0.3) is 5.91 Å². The summed E-state index contributed by atoms with van der Waals surface area (Å²) in [6.07, 6.45) is 8.14. The van der Waals surface area contributed by atoms with Crippen molar-refractivity contribution in [3.8, 4) is 11.4 Å². The molecule has 0 N–H and O–H groups in total. The quantitative estimate of drug-likeness (QED) is 0.219. The summed E-state index contributed by atoms with van der Waals surface area (Å²) in [7, 11) is 0. The number of carbonyl (C=O) groups is 1. The van der Waals surface area contributed by atoms with Crippen molar-refractivity contribution >= 4 is 16.9 Å². The molecule has 0 unspecified atom stereocenters. The van der Waals surface area contributed by atoms with Crippen molar-refractivity contribution in [1.82, 2.24) is 19.4 Å². The minimum Gasteiger partial charge on any atom is -0.339 e. The lowest BCUT2D eigenvalue weighted by Crippen LogP contribution is -2.34. The number of amides is 1. The van der Waals surface area contributed by atoms with E-state index in [0.29, 0.717) is 11.8 Å². The molecule has 1 aliphatic heterocycles. The maximum atomic E-state index is 13.8. The van der Waals surface area contributed by atoms with Gasteiger partial charge in [0.1, 0.15) is 5.82 Å². The minimum atomic E-state index is 0.148. The van der Waals surface area contributed by atoms with Crippen molar-refractivity contribution in [3.05, 3.63) is 53.1 Å². The summed E-state index contributed by atoms with van der Waals surface area (Å²) in [5, 5.41) is 0. The number of benzene rings is 2. The number of aryl methyl sites for hydroxylation is 3. The first-order valence-electron chi connectivity index (χ1n) is 15.9. The molecule has 1 saturated heterocycles. The monoisotopic (exact) mass is 544 g/mol. The van der Waals surface area contributed by atoms with E-state index in [2.05, 4.69) is 86.2 Å². The van der Waals surface area contributed by atoms with Gasteiger partial charge in [-0.2, -0.15) is 0 Å². The second kappa shape index (κ2) is 14.3. The van der Waals surface area contributed by atoms with Crippen LogP contribution in [0.3, 0.4) is 0 Å². The molecule has 40 heavy (non-hydrogen) atoms. The van der Waals surface area contributed by atoms with Crippen LogP contribution < -0.4 is 0 Å². The zero-order valence-corrected chi connectivity index (χ0v) is 26.0. The zero-order chi connectivity index (χ0) is 28.6. The summed E-state index contributed by atoms with van der Waals surface area (Å²) in [6, 6.07) is 12.9. The van der Waals surface area contributed by atoms with E-state index in [1.54, 1.807) is 0 Å². The van der Waals surface area contributed by atoms with Gasteiger partial charge in [-0.15, -0.1) is 0 Å². The van der Waals surface area contributed by atoms with E-state index < -0.39 is 0 Å². The molecule has 0 radical (unpaired) electrons. The molecule has 0 bridgehead atoms. The molecule has 4 rings (SSSR count). The second-order valence-electron chi connectivity index (χ2n) is 12.7. The van der Waals surface area contributed by atoms with Crippen molar-refractivity contribution in [1.29, 1.82) is 0 Å². The predicted octanol–water partition coefficient (Wildman–Crippen LogP) is 7.98. The van der Waals surface area contributed by atoms with Gasteiger partial charge in [-0.25, -0.2) is 4.98 Å². The third-order valence-corrected chi connectivity index (χ3v) is 8.53. The van der Waals surface area contributed by atoms with Crippen LogP contribution in [-0.4, -0.2) is 58.0 Å². The normalized spacial score (nSPS) is 14.5. The highest BCUT2D eigenvalue weighted by Crippen LogP contribution is 2.29. The topological polar surface area (TPSA) is 41.4 Å². The van der Waals surface area contributed by atoms with E-state index >= 15 is 0 Å². The number of hydrogen-bond donors (Lipinski definition) is 0. The van der Waals surface area contributed by atoms with Crippen LogP contribution in [0, 0.1) is 18.8 Å². The first-order valence-corrected chi connectivity index (χ1v) is 15.9. The Kier molecular flexibility index (Phi) is 10.8. The number of nitrogens with zero attached hydrogens (tertiary/aromatic N) is 4. The summed E-state index contributed by atoms with van der Waals surface area (Å²) >= 11 is 0. The van der Waals surface area contributed by atoms with E-state index in [4.69, 9.17) is 4.98 Å². The number of imidazole rings is 1. The lowest BCUT2D eigenvalue weighted by Gasteiger charge is -2.26. The molecule has 1 aliphatic rings. The smallest absolute Gasteiger partial charge is 0.253 e. The molecule has 0 spiro atoms. The van der Waals surface area contributed by atoms with Crippen molar-refractivity contribution in [2.45, 2.75) is 93.0 Å². The SMILES string of the molecule is CCc1cc(-c2nc3ccc(C(=O)N(CCC(C)C)CCC(C)C)cc3n2CCCN2CCCCC2)ccc1C. The Hall–Kier alpha value is -2.66. The van der Waals surface area contributed by atoms with Crippen LogP contribution in [0.4, 0.5) is 0 Å². The maximum absolute atomic E-state index is 13.8. The average molecular weight is 545 g/mol. The van der Waals surface area contributed by atoms with Gasteiger partial charge in [0.2, 0.25) is 0 Å². The van der Waals surface area contributed by atoms with E-state index in [1.165, 1.54) is 49.0 Å².